The summed E-state index contributed by atoms with van der Waals surface area (Å²) >= 11 is 0. The Hall–Kier alpha value is -6.64. The van der Waals surface area contributed by atoms with Crippen LogP contribution in [0.25, 0.3) is 84.3 Å². The maximum Gasteiger partial charge on any atom is 0.0541 e. The Labute approximate surface area is 328 Å². The fourth-order valence-electron chi connectivity index (χ4n) is 9.48. The number of hydrogen-bond acceptors (Lipinski definition) is 0. The van der Waals surface area contributed by atoms with Crippen LogP contribution >= 0.6 is 0 Å². The quantitative estimate of drug-likeness (QED) is 0.162. The molecule has 0 unspecified atom stereocenters. The highest BCUT2D eigenvalue weighted by Gasteiger charge is 2.25. The molecule has 0 amide bonds. The molecule has 6 aromatic carbocycles. The fourth-order valence-corrected chi connectivity index (χ4v) is 9.48. The lowest BCUT2D eigenvalue weighted by atomic mass is 9.90. The third kappa shape index (κ3) is 5.56. The van der Waals surface area contributed by atoms with E-state index in [0.717, 1.165) is 38.5 Å². The van der Waals surface area contributed by atoms with Gasteiger partial charge in [-0.3, -0.25) is 0 Å². The average molecular weight is 719 g/mol. The molecular formula is C54H42N2. The van der Waals surface area contributed by atoms with Crippen LogP contribution in [0.15, 0.2) is 170 Å². The van der Waals surface area contributed by atoms with E-state index < -0.39 is 0 Å². The maximum atomic E-state index is 2.63. The Kier molecular flexibility index (Phi) is 7.95. The molecule has 0 atom stereocenters. The zero-order valence-corrected chi connectivity index (χ0v) is 31.5. The molecule has 56 heavy (non-hydrogen) atoms. The van der Waals surface area contributed by atoms with E-state index in [4.69, 9.17) is 0 Å². The van der Waals surface area contributed by atoms with Crippen molar-refractivity contribution in [3.8, 4) is 39.1 Å². The Bertz CT molecular complexity index is 2850. The van der Waals surface area contributed by atoms with Gasteiger partial charge in [0.2, 0.25) is 0 Å². The first-order valence-electron chi connectivity index (χ1n) is 20.2. The van der Waals surface area contributed by atoms with Gasteiger partial charge in [0, 0.05) is 44.7 Å². The van der Waals surface area contributed by atoms with Crippen molar-refractivity contribution in [1.82, 2.24) is 9.13 Å². The second-order valence-corrected chi connectivity index (χ2v) is 15.5. The summed E-state index contributed by atoms with van der Waals surface area (Å²) in [5.41, 5.74) is 21.0. The molecule has 0 fully saturated rings. The summed E-state index contributed by atoms with van der Waals surface area (Å²) in [6.07, 6.45) is 20.8. The van der Waals surface area contributed by atoms with Crippen LogP contribution in [0.3, 0.4) is 0 Å². The topological polar surface area (TPSA) is 9.86 Å². The number of fused-ring (bicyclic) bond motifs is 6. The van der Waals surface area contributed by atoms with E-state index in [1.165, 1.54) is 100 Å². The molecule has 2 heteroatoms. The summed E-state index contributed by atoms with van der Waals surface area (Å²) < 4.78 is 5.02. The minimum absolute atomic E-state index is 1.04. The summed E-state index contributed by atoms with van der Waals surface area (Å²) in [6, 6.07) is 53.6. The highest BCUT2D eigenvalue weighted by molar-refractivity contribution is 6.09. The van der Waals surface area contributed by atoms with Crippen LogP contribution in [0.4, 0.5) is 0 Å². The first-order chi connectivity index (χ1) is 27.8. The van der Waals surface area contributed by atoms with Gasteiger partial charge in [0.05, 0.1) is 11.0 Å². The van der Waals surface area contributed by atoms with Gasteiger partial charge in [-0.1, -0.05) is 127 Å². The second kappa shape index (κ2) is 13.6. The summed E-state index contributed by atoms with van der Waals surface area (Å²) in [7, 11) is 0. The van der Waals surface area contributed by atoms with Crippen LogP contribution in [0.5, 0.6) is 0 Å². The van der Waals surface area contributed by atoms with Gasteiger partial charge in [-0.15, -0.1) is 0 Å². The Morgan fingerprint density at radius 3 is 1.54 bits per heavy atom. The van der Waals surface area contributed by atoms with Crippen molar-refractivity contribution in [3.63, 3.8) is 0 Å². The van der Waals surface area contributed by atoms with Crippen LogP contribution < -0.4 is 0 Å². The minimum Gasteiger partial charge on any atom is -0.320 e. The number of rotatable bonds is 6. The van der Waals surface area contributed by atoms with Crippen molar-refractivity contribution in [3.05, 3.63) is 198 Å². The van der Waals surface area contributed by atoms with E-state index in [1.807, 2.05) is 0 Å². The molecule has 0 aliphatic heterocycles. The summed E-state index contributed by atoms with van der Waals surface area (Å²) in [6.45, 7) is 0. The number of aromatic nitrogens is 2. The van der Waals surface area contributed by atoms with E-state index in [1.54, 1.807) is 0 Å². The van der Waals surface area contributed by atoms with E-state index in [-0.39, 0.29) is 0 Å². The van der Waals surface area contributed by atoms with Crippen molar-refractivity contribution in [2.45, 2.75) is 38.5 Å². The molecule has 11 rings (SSSR count). The third-order valence-electron chi connectivity index (χ3n) is 12.2. The van der Waals surface area contributed by atoms with Gasteiger partial charge in [-0.25, -0.2) is 0 Å². The molecule has 0 saturated carbocycles. The number of allylic oxidation sites excluding steroid dienone is 6. The molecule has 3 aliphatic rings. The summed E-state index contributed by atoms with van der Waals surface area (Å²) in [5, 5.41) is 2.56. The Morgan fingerprint density at radius 1 is 0.375 bits per heavy atom. The lowest BCUT2D eigenvalue weighted by Crippen LogP contribution is -2.10. The van der Waals surface area contributed by atoms with E-state index in [2.05, 4.69) is 191 Å². The maximum absolute atomic E-state index is 2.63. The Morgan fingerprint density at radius 2 is 0.911 bits per heavy atom. The molecule has 2 nitrogen and oxygen atoms in total. The van der Waals surface area contributed by atoms with Gasteiger partial charge in [0.25, 0.3) is 0 Å². The van der Waals surface area contributed by atoms with E-state index in [0.29, 0.717) is 0 Å². The molecule has 2 heterocycles. The zero-order chi connectivity index (χ0) is 37.0. The largest absolute Gasteiger partial charge is 0.320 e. The van der Waals surface area contributed by atoms with Gasteiger partial charge < -0.3 is 9.13 Å². The normalized spacial score (nSPS) is 14.8. The highest BCUT2D eigenvalue weighted by Crippen LogP contribution is 2.40. The van der Waals surface area contributed by atoms with Crippen LogP contribution in [-0.2, 0) is 12.8 Å². The standard InChI is InChI=1S/C54H42N2/c1-2-13-37(14-3-1)42-34-43(39-27-31-46(32-28-39)56-53-23-10-6-19-49(53)50-20-7-11-24-54(50)56)36-44(35-42)41-16-12-15-40(33-41)38-25-29-45(30-26-38)55-51-21-8-4-17-47(51)48-18-5-9-22-52(48)55/h1-7,10-20,23-25,27-29,31-36H,8-9,21-22,26,30H2. The molecule has 3 aliphatic carbocycles. The molecule has 0 N–H and O–H groups in total. The minimum atomic E-state index is 1.04. The monoisotopic (exact) mass is 718 g/mol. The number of benzene rings is 6. The molecule has 268 valence electrons. The first kappa shape index (κ1) is 32.8. The van der Waals surface area contributed by atoms with Crippen LogP contribution in [0.1, 0.15) is 53.8 Å². The van der Waals surface area contributed by atoms with E-state index in [9.17, 15) is 0 Å². The van der Waals surface area contributed by atoms with Crippen LogP contribution in [-0.4, -0.2) is 9.13 Å². The average Bonchev–Trinajstić information content (AvgIpc) is 3.80. The highest BCUT2D eigenvalue weighted by atomic mass is 15.0. The molecule has 0 radical (unpaired) electrons. The number of nitrogens with zero attached hydrogens (tertiary/aromatic N) is 2. The first-order valence-corrected chi connectivity index (χ1v) is 20.2. The van der Waals surface area contributed by atoms with Crippen LogP contribution in [0, 0.1) is 0 Å². The molecule has 2 aromatic heterocycles. The van der Waals surface area contributed by atoms with Gasteiger partial charge in [0.15, 0.2) is 0 Å². The number of para-hydroxylation sites is 2. The lowest BCUT2D eigenvalue weighted by Gasteiger charge is -2.22. The predicted octanol–water partition coefficient (Wildman–Crippen LogP) is 14.2. The van der Waals surface area contributed by atoms with Crippen molar-refractivity contribution < 1.29 is 0 Å². The zero-order valence-electron chi connectivity index (χ0n) is 31.5. The molecule has 8 aromatic rings. The molecule has 0 saturated heterocycles. The summed E-state index contributed by atoms with van der Waals surface area (Å²) in [4.78, 5) is 0. The fraction of sp³-hybridized carbons (Fsp3) is 0.111. The van der Waals surface area contributed by atoms with Crippen LogP contribution in [0.2, 0.25) is 0 Å². The van der Waals surface area contributed by atoms with Crippen molar-refractivity contribution in [2.75, 3.05) is 0 Å². The van der Waals surface area contributed by atoms with Gasteiger partial charge in [0.1, 0.15) is 0 Å². The molecule has 0 spiro atoms. The SMILES string of the molecule is C1=Cc2c3c(n(C4=CC=C(c5cccc(-c6cc(-c7ccccc7)cc(-c7ccc(-n8c9ccccc9c9ccccc98)cc7)c6)c5)CC4)c2CC1)CCC=C3. The lowest BCUT2D eigenvalue weighted by molar-refractivity contribution is 0.798. The molecule has 0 bridgehead atoms. The Balaban J connectivity index is 0.958. The molecular weight excluding hydrogens is 677 g/mol. The number of hydrogen-bond donors (Lipinski definition) is 0. The van der Waals surface area contributed by atoms with Crippen molar-refractivity contribution in [1.29, 1.82) is 0 Å². The third-order valence-corrected chi connectivity index (χ3v) is 12.2. The van der Waals surface area contributed by atoms with Gasteiger partial charge in [-0.05, 0) is 138 Å². The van der Waals surface area contributed by atoms with Gasteiger partial charge >= 0.3 is 0 Å². The van der Waals surface area contributed by atoms with Crippen molar-refractivity contribution in [2.24, 2.45) is 0 Å². The van der Waals surface area contributed by atoms with Gasteiger partial charge in [-0.2, -0.15) is 0 Å². The van der Waals surface area contributed by atoms with E-state index >= 15 is 0 Å². The second-order valence-electron chi connectivity index (χ2n) is 15.5. The summed E-state index contributed by atoms with van der Waals surface area (Å²) in [5.74, 6) is 0. The predicted molar refractivity (Wildman–Crippen MR) is 238 cm³/mol. The van der Waals surface area contributed by atoms with Crippen molar-refractivity contribution >= 4 is 45.2 Å². The smallest absolute Gasteiger partial charge is 0.0541 e.